The summed E-state index contributed by atoms with van der Waals surface area (Å²) in [6.45, 7) is 2.13. The summed E-state index contributed by atoms with van der Waals surface area (Å²) in [5.41, 5.74) is 10.6. The summed E-state index contributed by atoms with van der Waals surface area (Å²) in [7, 11) is 0. The fourth-order valence-corrected chi connectivity index (χ4v) is 5.70. The van der Waals surface area contributed by atoms with Crippen molar-refractivity contribution in [2.45, 2.75) is 6.92 Å². The zero-order valence-corrected chi connectivity index (χ0v) is 21.7. The maximum absolute atomic E-state index is 4.59. The maximum Gasteiger partial charge on any atom is 0.0702 e. The molecule has 2 heterocycles. The summed E-state index contributed by atoms with van der Waals surface area (Å²) in [6, 6.07) is 43.4. The van der Waals surface area contributed by atoms with Gasteiger partial charge in [-0.1, -0.05) is 97.1 Å². The molecule has 5 aromatic carbocycles. The molecular formula is C37H26N2. The van der Waals surface area contributed by atoms with E-state index < -0.39 is 0 Å². The third kappa shape index (κ3) is 4.07. The Hall–Kier alpha value is -5.08. The standard InChI is InChI=1S/C37H26N2/c1-25-20-22-38-24-34(25)26-16-18-27(19-17-26)36-30-11-2-4-13-32(30)37(33-14-5-3-12-31(33)36)29-10-8-9-28(23-29)35-15-6-7-21-39-35/h2-24H,1H3. The van der Waals surface area contributed by atoms with Gasteiger partial charge in [-0.2, -0.15) is 0 Å². The number of rotatable bonds is 4. The topological polar surface area (TPSA) is 25.8 Å². The SMILES string of the molecule is Cc1ccncc1-c1ccc(-c2c3ccccc3c(-c3cccc(-c4ccccn4)c3)c3ccccc23)cc1. The van der Waals surface area contributed by atoms with Gasteiger partial charge in [0, 0.05) is 29.7 Å². The molecule has 2 heteroatoms. The first-order valence-electron chi connectivity index (χ1n) is 13.2. The highest BCUT2D eigenvalue weighted by molar-refractivity contribution is 6.21. The number of nitrogens with zero attached hydrogens (tertiary/aromatic N) is 2. The van der Waals surface area contributed by atoms with Crippen LogP contribution in [0.3, 0.4) is 0 Å². The monoisotopic (exact) mass is 498 g/mol. The summed E-state index contributed by atoms with van der Waals surface area (Å²) in [6.07, 6.45) is 5.64. The summed E-state index contributed by atoms with van der Waals surface area (Å²) < 4.78 is 0. The lowest BCUT2D eigenvalue weighted by molar-refractivity contribution is 1.29. The lowest BCUT2D eigenvalue weighted by atomic mass is 9.85. The minimum Gasteiger partial charge on any atom is -0.264 e. The van der Waals surface area contributed by atoms with Gasteiger partial charge in [-0.05, 0) is 86.1 Å². The zero-order chi connectivity index (χ0) is 26.2. The molecule has 0 aliphatic rings. The highest BCUT2D eigenvalue weighted by atomic mass is 14.7. The van der Waals surface area contributed by atoms with Crippen LogP contribution in [0, 0.1) is 6.92 Å². The van der Waals surface area contributed by atoms with Crippen LogP contribution < -0.4 is 0 Å². The molecule has 0 fully saturated rings. The van der Waals surface area contributed by atoms with Crippen LogP contribution in [0.15, 0.2) is 140 Å². The maximum atomic E-state index is 4.59. The Morgan fingerprint density at radius 3 is 1.67 bits per heavy atom. The molecule has 7 aromatic rings. The first-order chi connectivity index (χ1) is 19.3. The number of pyridine rings is 2. The molecule has 0 bridgehead atoms. The van der Waals surface area contributed by atoms with Crippen LogP contribution in [-0.2, 0) is 0 Å². The molecule has 0 saturated carbocycles. The molecule has 0 N–H and O–H groups in total. The van der Waals surface area contributed by atoms with E-state index in [0.717, 1.165) is 11.3 Å². The molecule has 0 atom stereocenters. The number of aryl methyl sites for hydroxylation is 1. The van der Waals surface area contributed by atoms with Crippen molar-refractivity contribution in [2.75, 3.05) is 0 Å². The molecule has 7 rings (SSSR count). The van der Waals surface area contributed by atoms with Gasteiger partial charge in [0.2, 0.25) is 0 Å². The molecule has 0 amide bonds. The first-order valence-corrected chi connectivity index (χ1v) is 13.2. The summed E-state index contributed by atoms with van der Waals surface area (Å²) in [5, 5.41) is 4.99. The third-order valence-electron chi connectivity index (χ3n) is 7.57. The Morgan fingerprint density at radius 2 is 1.05 bits per heavy atom. The van der Waals surface area contributed by atoms with Gasteiger partial charge in [-0.25, -0.2) is 0 Å². The minimum absolute atomic E-state index is 0.980. The molecule has 184 valence electrons. The van der Waals surface area contributed by atoms with Gasteiger partial charge < -0.3 is 0 Å². The van der Waals surface area contributed by atoms with Gasteiger partial charge in [0.1, 0.15) is 0 Å². The van der Waals surface area contributed by atoms with Gasteiger partial charge in [-0.15, -0.1) is 0 Å². The van der Waals surface area contributed by atoms with Crippen molar-refractivity contribution < 1.29 is 0 Å². The van der Waals surface area contributed by atoms with E-state index in [1.165, 1.54) is 60.5 Å². The molecule has 2 aromatic heterocycles. The highest BCUT2D eigenvalue weighted by Crippen LogP contribution is 2.44. The van der Waals surface area contributed by atoms with Crippen LogP contribution in [0.5, 0.6) is 0 Å². The second-order valence-electron chi connectivity index (χ2n) is 9.90. The molecule has 2 nitrogen and oxygen atoms in total. The van der Waals surface area contributed by atoms with Crippen LogP contribution >= 0.6 is 0 Å². The minimum atomic E-state index is 0.980. The molecule has 39 heavy (non-hydrogen) atoms. The molecule has 0 unspecified atom stereocenters. The van der Waals surface area contributed by atoms with Gasteiger partial charge in [0.25, 0.3) is 0 Å². The Bertz CT molecular complexity index is 1900. The number of aromatic nitrogens is 2. The van der Waals surface area contributed by atoms with Gasteiger partial charge in [-0.3, -0.25) is 9.97 Å². The van der Waals surface area contributed by atoms with Crippen LogP contribution in [0.4, 0.5) is 0 Å². The van der Waals surface area contributed by atoms with Gasteiger partial charge in [0.05, 0.1) is 5.69 Å². The Kier molecular flexibility index (Phi) is 5.71. The van der Waals surface area contributed by atoms with E-state index in [9.17, 15) is 0 Å². The number of benzene rings is 5. The van der Waals surface area contributed by atoms with E-state index in [0.29, 0.717) is 0 Å². The van der Waals surface area contributed by atoms with Gasteiger partial charge >= 0.3 is 0 Å². The number of fused-ring (bicyclic) bond motifs is 2. The molecule has 0 spiro atoms. The molecule has 0 aliphatic heterocycles. The van der Waals surface area contributed by atoms with E-state index in [1.54, 1.807) is 0 Å². The average molecular weight is 499 g/mol. The van der Waals surface area contributed by atoms with Crippen molar-refractivity contribution in [2.24, 2.45) is 0 Å². The number of hydrogen-bond donors (Lipinski definition) is 0. The zero-order valence-electron chi connectivity index (χ0n) is 21.7. The Morgan fingerprint density at radius 1 is 0.462 bits per heavy atom. The second kappa shape index (κ2) is 9.66. The van der Waals surface area contributed by atoms with Crippen molar-refractivity contribution >= 4 is 21.5 Å². The fraction of sp³-hybridized carbons (Fsp3) is 0.0270. The summed E-state index contributed by atoms with van der Waals surface area (Å²) in [4.78, 5) is 8.94. The molecule has 0 aliphatic carbocycles. The normalized spacial score (nSPS) is 11.2. The van der Waals surface area contributed by atoms with Crippen molar-refractivity contribution in [1.82, 2.24) is 9.97 Å². The lowest BCUT2D eigenvalue weighted by Gasteiger charge is -2.18. The Balaban J connectivity index is 1.46. The van der Waals surface area contributed by atoms with Crippen LogP contribution in [0.1, 0.15) is 5.56 Å². The average Bonchev–Trinajstić information content (AvgIpc) is 3.01. The summed E-state index contributed by atoms with van der Waals surface area (Å²) >= 11 is 0. The third-order valence-corrected chi connectivity index (χ3v) is 7.57. The second-order valence-corrected chi connectivity index (χ2v) is 9.90. The predicted octanol–water partition coefficient (Wildman–Crippen LogP) is 9.76. The van der Waals surface area contributed by atoms with Crippen molar-refractivity contribution in [3.63, 3.8) is 0 Å². The lowest BCUT2D eigenvalue weighted by Crippen LogP contribution is -1.92. The molecule has 0 saturated heterocycles. The molecular weight excluding hydrogens is 472 g/mol. The van der Waals surface area contributed by atoms with E-state index in [1.807, 2.05) is 30.7 Å². The highest BCUT2D eigenvalue weighted by Gasteiger charge is 2.17. The fourth-order valence-electron chi connectivity index (χ4n) is 5.70. The summed E-state index contributed by atoms with van der Waals surface area (Å²) in [5.74, 6) is 0. The smallest absolute Gasteiger partial charge is 0.0702 e. The Labute approximate surface area is 228 Å². The molecule has 0 radical (unpaired) electrons. The number of hydrogen-bond acceptors (Lipinski definition) is 2. The first kappa shape index (κ1) is 23.1. The quantitative estimate of drug-likeness (QED) is 0.226. The van der Waals surface area contributed by atoms with Crippen molar-refractivity contribution in [3.8, 4) is 44.6 Å². The van der Waals surface area contributed by atoms with E-state index in [2.05, 4.69) is 126 Å². The van der Waals surface area contributed by atoms with Gasteiger partial charge in [0.15, 0.2) is 0 Å². The van der Waals surface area contributed by atoms with Crippen LogP contribution in [0.25, 0.3) is 66.2 Å². The predicted molar refractivity (Wildman–Crippen MR) is 164 cm³/mol. The van der Waals surface area contributed by atoms with Crippen LogP contribution in [0.2, 0.25) is 0 Å². The van der Waals surface area contributed by atoms with E-state index in [-0.39, 0.29) is 0 Å². The van der Waals surface area contributed by atoms with Crippen molar-refractivity contribution in [3.05, 3.63) is 145 Å². The van der Waals surface area contributed by atoms with Crippen molar-refractivity contribution in [1.29, 1.82) is 0 Å². The van der Waals surface area contributed by atoms with E-state index in [4.69, 9.17) is 0 Å². The largest absolute Gasteiger partial charge is 0.264 e. The van der Waals surface area contributed by atoms with E-state index >= 15 is 0 Å². The van der Waals surface area contributed by atoms with Crippen LogP contribution in [-0.4, -0.2) is 9.97 Å².